The van der Waals surface area contributed by atoms with Crippen LogP contribution in [-0.2, 0) is 14.2 Å². The van der Waals surface area contributed by atoms with E-state index >= 15 is 0 Å². The van der Waals surface area contributed by atoms with E-state index in [9.17, 15) is 0 Å². The molecule has 3 heteroatoms. The van der Waals surface area contributed by atoms with Gasteiger partial charge in [0, 0.05) is 25.7 Å². The summed E-state index contributed by atoms with van der Waals surface area (Å²) < 4.78 is 18.9. The van der Waals surface area contributed by atoms with Crippen LogP contribution < -0.4 is 0 Å². The Bertz CT molecular complexity index is 322. The van der Waals surface area contributed by atoms with E-state index in [-0.39, 0.29) is 11.6 Å². The van der Waals surface area contributed by atoms with Crippen molar-refractivity contribution in [2.45, 2.75) is 141 Å². The molecule has 3 nitrogen and oxygen atoms in total. The zero-order valence-corrected chi connectivity index (χ0v) is 17.3. The third-order valence-corrected chi connectivity index (χ3v) is 5.72. The summed E-state index contributed by atoms with van der Waals surface area (Å²) in [6.45, 7) is 8.84. The van der Waals surface area contributed by atoms with Crippen molar-refractivity contribution in [2.75, 3.05) is 0 Å². The van der Waals surface area contributed by atoms with Crippen molar-refractivity contribution < 1.29 is 14.2 Å². The van der Waals surface area contributed by atoms with E-state index in [2.05, 4.69) is 27.7 Å². The topological polar surface area (TPSA) is 27.7 Å². The second-order valence-corrected chi connectivity index (χ2v) is 8.52. The molecule has 0 spiro atoms. The molecule has 4 atom stereocenters. The Balaban J connectivity index is 1.79. The van der Waals surface area contributed by atoms with Gasteiger partial charge in [0.25, 0.3) is 0 Å². The second-order valence-electron chi connectivity index (χ2n) is 8.52. The monoisotopic (exact) mass is 354 g/mol. The minimum atomic E-state index is -0.366. The van der Waals surface area contributed by atoms with Gasteiger partial charge < -0.3 is 14.2 Å². The van der Waals surface area contributed by atoms with Gasteiger partial charge in [-0.1, -0.05) is 65.2 Å². The molecule has 2 aliphatic heterocycles. The van der Waals surface area contributed by atoms with E-state index in [0.29, 0.717) is 12.2 Å². The normalized spacial score (nSPS) is 34.6. The first-order valence-corrected chi connectivity index (χ1v) is 11.1. The van der Waals surface area contributed by atoms with Crippen molar-refractivity contribution in [2.24, 2.45) is 0 Å². The Labute approximate surface area is 156 Å². The maximum atomic E-state index is 6.61. The highest BCUT2D eigenvalue weighted by molar-refractivity contribution is 4.91. The molecule has 2 rings (SSSR count). The summed E-state index contributed by atoms with van der Waals surface area (Å²) in [7, 11) is 0. The fraction of sp³-hybridized carbons (Fsp3) is 1.00. The average Bonchev–Trinajstić information content (AvgIpc) is 2.51. The lowest BCUT2D eigenvalue weighted by atomic mass is 9.91. The van der Waals surface area contributed by atoms with Crippen LogP contribution in [0.1, 0.15) is 118 Å². The third-order valence-electron chi connectivity index (χ3n) is 5.72. The van der Waals surface area contributed by atoms with E-state index in [0.717, 1.165) is 25.7 Å². The maximum absolute atomic E-state index is 6.61. The first kappa shape index (κ1) is 21.2. The fourth-order valence-corrected chi connectivity index (χ4v) is 4.48. The van der Waals surface area contributed by atoms with E-state index in [1.54, 1.807) is 0 Å². The Hall–Kier alpha value is -0.120. The molecule has 2 fully saturated rings. The molecular formula is C22H42O3. The maximum Gasteiger partial charge on any atom is 0.174 e. The molecule has 0 radical (unpaired) electrons. The van der Waals surface area contributed by atoms with E-state index < -0.39 is 0 Å². The van der Waals surface area contributed by atoms with Crippen molar-refractivity contribution in [3.63, 3.8) is 0 Å². The first-order valence-electron chi connectivity index (χ1n) is 11.1. The lowest BCUT2D eigenvalue weighted by Gasteiger charge is -2.55. The molecule has 4 unspecified atom stereocenters. The molecule has 0 aromatic rings. The predicted octanol–water partition coefficient (Wildman–Crippen LogP) is 6.73. The summed E-state index contributed by atoms with van der Waals surface area (Å²) >= 11 is 0. The highest BCUT2D eigenvalue weighted by Crippen LogP contribution is 2.48. The molecule has 148 valence electrons. The molecule has 0 aliphatic carbocycles. The zero-order chi connectivity index (χ0) is 18.2. The van der Waals surface area contributed by atoms with Gasteiger partial charge in [-0.05, 0) is 26.7 Å². The van der Waals surface area contributed by atoms with Crippen molar-refractivity contribution >= 4 is 0 Å². The van der Waals surface area contributed by atoms with Gasteiger partial charge in [-0.3, -0.25) is 0 Å². The number of ether oxygens (including phenoxy) is 3. The van der Waals surface area contributed by atoms with Gasteiger partial charge in [-0.2, -0.15) is 0 Å². The standard InChI is InChI=1S/C22H42O3/c1-5-7-9-11-13-15-21(17-19(3)23-21)25-22(18-20(4)24-22)16-14-12-10-8-6-2/h19-20H,5-18H2,1-4H3. The van der Waals surface area contributed by atoms with Gasteiger partial charge in [0.15, 0.2) is 11.6 Å². The van der Waals surface area contributed by atoms with Gasteiger partial charge in [-0.15, -0.1) is 0 Å². The smallest absolute Gasteiger partial charge is 0.174 e. The molecule has 2 aliphatic rings. The molecule has 2 saturated heterocycles. The van der Waals surface area contributed by atoms with Gasteiger partial charge in [-0.25, -0.2) is 0 Å². The average molecular weight is 355 g/mol. The van der Waals surface area contributed by atoms with E-state index in [1.165, 1.54) is 64.2 Å². The van der Waals surface area contributed by atoms with Gasteiger partial charge >= 0.3 is 0 Å². The molecule has 0 bridgehead atoms. The van der Waals surface area contributed by atoms with Crippen LogP contribution in [0, 0.1) is 0 Å². The molecule has 0 aromatic heterocycles. The van der Waals surface area contributed by atoms with Crippen LogP contribution in [0.15, 0.2) is 0 Å². The molecule has 0 amide bonds. The van der Waals surface area contributed by atoms with Gasteiger partial charge in [0.05, 0.1) is 12.2 Å². The second kappa shape index (κ2) is 10.3. The highest BCUT2D eigenvalue weighted by Gasteiger charge is 2.54. The zero-order valence-electron chi connectivity index (χ0n) is 17.3. The lowest BCUT2D eigenvalue weighted by molar-refractivity contribution is -0.457. The molecule has 25 heavy (non-hydrogen) atoms. The summed E-state index contributed by atoms with van der Waals surface area (Å²) in [5.41, 5.74) is 0. The predicted molar refractivity (Wildman–Crippen MR) is 104 cm³/mol. The molecule has 0 aromatic carbocycles. The quantitative estimate of drug-likeness (QED) is 0.323. The minimum absolute atomic E-state index is 0.328. The number of hydrogen-bond donors (Lipinski definition) is 0. The Morgan fingerprint density at radius 2 is 1.04 bits per heavy atom. The SMILES string of the molecule is CCCCCCCC1(OC2(CCCCCCC)CC(C)O2)CC(C)O1. The van der Waals surface area contributed by atoms with Crippen LogP contribution in [0.3, 0.4) is 0 Å². The molecular weight excluding hydrogens is 312 g/mol. The summed E-state index contributed by atoms with van der Waals surface area (Å²) in [4.78, 5) is 0. The van der Waals surface area contributed by atoms with Gasteiger partial charge in [0.2, 0.25) is 0 Å². The third kappa shape index (κ3) is 6.52. The largest absolute Gasteiger partial charge is 0.347 e. The van der Waals surface area contributed by atoms with Crippen LogP contribution in [0.5, 0.6) is 0 Å². The van der Waals surface area contributed by atoms with Crippen LogP contribution in [0.2, 0.25) is 0 Å². The van der Waals surface area contributed by atoms with Crippen molar-refractivity contribution in [3.05, 3.63) is 0 Å². The lowest BCUT2D eigenvalue weighted by Crippen LogP contribution is -2.61. The van der Waals surface area contributed by atoms with E-state index in [1.807, 2.05) is 0 Å². The Kier molecular flexibility index (Phi) is 8.71. The number of hydrogen-bond acceptors (Lipinski definition) is 3. The molecule has 0 N–H and O–H groups in total. The Morgan fingerprint density at radius 3 is 1.36 bits per heavy atom. The van der Waals surface area contributed by atoms with Crippen LogP contribution in [0.4, 0.5) is 0 Å². The summed E-state index contributed by atoms with van der Waals surface area (Å²) in [6, 6.07) is 0. The fourth-order valence-electron chi connectivity index (χ4n) is 4.48. The van der Waals surface area contributed by atoms with Crippen LogP contribution in [0.25, 0.3) is 0 Å². The number of rotatable bonds is 14. The van der Waals surface area contributed by atoms with E-state index in [4.69, 9.17) is 14.2 Å². The number of unbranched alkanes of at least 4 members (excludes halogenated alkanes) is 8. The van der Waals surface area contributed by atoms with Crippen molar-refractivity contribution in [1.29, 1.82) is 0 Å². The van der Waals surface area contributed by atoms with Crippen molar-refractivity contribution in [3.8, 4) is 0 Å². The van der Waals surface area contributed by atoms with Crippen molar-refractivity contribution in [1.82, 2.24) is 0 Å². The molecule has 2 heterocycles. The molecule has 0 saturated carbocycles. The highest BCUT2D eigenvalue weighted by atomic mass is 16.8. The van der Waals surface area contributed by atoms with Crippen LogP contribution in [-0.4, -0.2) is 23.8 Å². The first-order chi connectivity index (χ1) is 12.0. The Morgan fingerprint density at radius 1 is 0.680 bits per heavy atom. The minimum Gasteiger partial charge on any atom is -0.347 e. The van der Waals surface area contributed by atoms with Crippen LogP contribution >= 0.6 is 0 Å². The summed E-state index contributed by atoms with van der Waals surface area (Å²) in [6.07, 6.45) is 17.7. The summed E-state index contributed by atoms with van der Waals surface area (Å²) in [5.74, 6) is -0.732. The summed E-state index contributed by atoms with van der Waals surface area (Å²) in [5, 5.41) is 0. The van der Waals surface area contributed by atoms with Gasteiger partial charge in [0.1, 0.15) is 0 Å².